The third-order valence-electron chi connectivity index (χ3n) is 1.08. The maximum Gasteiger partial charge on any atom is -0.00675 e. The molecule has 0 aromatic rings. The highest BCUT2D eigenvalue weighted by Gasteiger charge is 1.95. The van der Waals surface area contributed by atoms with E-state index in [1.807, 2.05) is 0 Å². The van der Waals surface area contributed by atoms with E-state index in [0.717, 1.165) is 0 Å². The lowest BCUT2D eigenvalue weighted by molar-refractivity contribution is 0.764. The summed E-state index contributed by atoms with van der Waals surface area (Å²) in [5.74, 6) is 2.83. The molecule has 0 aliphatic carbocycles. The van der Waals surface area contributed by atoms with E-state index < -0.39 is 0 Å². The van der Waals surface area contributed by atoms with E-state index >= 15 is 0 Å². The predicted octanol–water partition coefficient (Wildman–Crippen LogP) is 0.452. The van der Waals surface area contributed by atoms with Crippen molar-refractivity contribution < 1.29 is 0 Å². The SMILES string of the molecule is C1CCSCC1.[SiH4]. The summed E-state index contributed by atoms with van der Waals surface area (Å²) in [6.07, 6.45) is 4.41. The van der Waals surface area contributed by atoms with Gasteiger partial charge in [-0.1, -0.05) is 6.42 Å². The average Bonchev–Trinajstić information content (AvgIpc) is 1.72. The minimum absolute atomic E-state index is 0. The van der Waals surface area contributed by atoms with Crippen LogP contribution in [-0.4, -0.2) is 22.5 Å². The molecule has 0 spiro atoms. The molecular formula is C5H14SSi. The van der Waals surface area contributed by atoms with Gasteiger partial charge in [0.1, 0.15) is 0 Å². The van der Waals surface area contributed by atoms with Crippen LogP contribution in [-0.2, 0) is 0 Å². The van der Waals surface area contributed by atoms with Crippen molar-refractivity contribution in [1.82, 2.24) is 0 Å². The molecule has 1 heterocycles. The minimum Gasteiger partial charge on any atom is -0.162 e. The Balaban J connectivity index is 0.000000360. The molecule has 0 atom stereocenters. The highest BCUT2D eigenvalue weighted by atomic mass is 32.2. The van der Waals surface area contributed by atoms with Crippen LogP contribution in [0.5, 0.6) is 0 Å². The molecule has 1 aliphatic rings. The molecule has 1 fully saturated rings. The van der Waals surface area contributed by atoms with Gasteiger partial charge in [0.2, 0.25) is 0 Å². The van der Waals surface area contributed by atoms with Crippen LogP contribution >= 0.6 is 11.8 Å². The zero-order chi connectivity index (χ0) is 4.24. The summed E-state index contributed by atoms with van der Waals surface area (Å²) in [7, 11) is 0. The van der Waals surface area contributed by atoms with Crippen molar-refractivity contribution in [3.8, 4) is 0 Å². The molecule has 0 radical (unpaired) electrons. The van der Waals surface area contributed by atoms with Crippen LogP contribution in [0.1, 0.15) is 19.3 Å². The normalized spacial score (nSPS) is 20.6. The van der Waals surface area contributed by atoms with E-state index in [1.54, 1.807) is 0 Å². The van der Waals surface area contributed by atoms with Crippen LogP contribution in [0.25, 0.3) is 0 Å². The molecular weight excluding hydrogens is 120 g/mol. The number of rotatable bonds is 0. The molecule has 0 N–H and O–H groups in total. The Morgan fingerprint density at radius 3 is 1.57 bits per heavy atom. The predicted molar refractivity (Wildman–Crippen MR) is 42.5 cm³/mol. The Labute approximate surface area is 54.1 Å². The van der Waals surface area contributed by atoms with Crippen molar-refractivity contribution in [3.63, 3.8) is 0 Å². The first-order valence-corrected chi connectivity index (χ1v) is 3.73. The number of thioether (sulfide) groups is 1. The maximum absolute atomic E-state index is 2.09. The fraction of sp³-hybridized carbons (Fsp3) is 1.00. The van der Waals surface area contributed by atoms with Crippen LogP contribution < -0.4 is 0 Å². The van der Waals surface area contributed by atoms with Gasteiger partial charge in [-0.25, -0.2) is 0 Å². The summed E-state index contributed by atoms with van der Waals surface area (Å²) in [6.45, 7) is 0. The van der Waals surface area contributed by atoms with Crippen LogP contribution in [0.4, 0.5) is 0 Å². The first kappa shape index (κ1) is 7.57. The Kier molecular flexibility index (Phi) is 5.10. The third-order valence-corrected chi connectivity index (χ3v) is 2.23. The first-order chi connectivity index (χ1) is 3.00. The Hall–Kier alpha value is 0.567. The van der Waals surface area contributed by atoms with Crippen molar-refractivity contribution in [2.45, 2.75) is 19.3 Å². The fourth-order valence-corrected chi connectivity index (χ4v) is 1.71. The van der Waals surface area contributed by atoms with Crippen LogP contribution in [0.15, 0.2) is 0 Å². The van der Waals surface area contributed by atoms with E-state index in [-0.39, 0.29) is 11.0 Å². The lowest BCUT2D eigenvalue weighted by atomic mass is 10.3. The Morgan fingerprint density at radius 2 is 1.43 bits per heavy atom. The molecule has 0 aromatic carbocycles. The molecule has 0 bridgehead atoms. The Bertz CT molecular complexity index is 23.6. The molecule has 0 unspecified atom stereocenters. The monoisotopic (exact) mass is 134 g/mol. The second kappa shape index (κ2) is 4.72. The minimum atomic E-state index is 0. The Morgan fingerprint density at radius 1 is 0.857 bits per heavy atom. The van der Waals surface area contributed by atoms with E-state index in [0.29, 0.717) is 0 Å². The van der Waals surface area contributed by atoms with Crippen molar-refractivity contribution in [2.75, 3.05) is 11.5 Å². The van der Waals surface area contributed by atoms with Gasteiger partial charge in [-0.3, -0.25) is 0 Å². The van der Waals surface area contributed by atoms with Crippen molar-refractivity contribution in [3.05, 3.63) is 0 Å². The largest absolute Gasteiger partial charge is 0.162 e. The smallest absolute Gasteiger partial charge is 0.00675 e. The molecule has 1 saturated heterocycles. The van der Waals surface area contributed by atoms with E-state index in [9.17, 15) is 0 Å². The summed E-state index contributed by atoms with van der Waals surface area (Å²) < 4.78 is 0. The van der Waals surface area contributed by atoms with Crippen molar-refractivity contribution in [2.24, 2.45) is 0 Å². The number of hydrogen-bond acceptors (Lipinski definition) is 1. The van der Waals surface area contributed by atoms with Gasteiger partial charge in [0.05, 0.1) is 0 Å². The van der Waals surface area contributed by atoms with Gasteiger partial charge < -0.3 is 0 Å². The van der Waals surface area contributed by atoms with E-state index in [1.165, 1.54) is 30.8 Å². The lowest BCUT2D eigenvalue weighted by Gasteiger charge is -2.05. The standard InChI is InChI=1S/C5H10S.H4Si/c1-2-4-6-5-3-1;/h1-5H2;1H4. The van der Waals surface area contributed by atoms with Gasteiger partial charge in [-0.2, -0.15) is 11.8 Å². The molecule has 1 rings (SSSR count). The molecule has 7 heavy (non-hydrogen) atoms. The van der Waals surface area contributed by atoms with E-state index in [4.69, 9.17) is 0 Å². The van der Waals surface area contributed by atoms with Crippen molar-refractivity contribution >= 4 is 22.7 Å². The fourth-order valence-electron chi connectivity index (χ4n) is 0.687. The second-order valence-electron chi connectivity index (χ2n) is 1.67. The van der Waals surface area contributed by atoms with Crippen LogP contribution in [0.2, 0.25) is 0 Å². The number of hydrogen-bond donors (Lipinski definition) is 0. The molecule has 0 saturated carbocycles. The van der Waals surface area contributed by atoms with Crippen LogP contribution in [0.3, 0.4) is 0 Å². The summed E-state index contributed by atoms with van der Waals surface area (Å²) in [6, 6.07) is 0. The van der Waals surface area contributed by atoms with Crippen molar-refractivity contribution in [1.29, 1.82) is 0 Å². The van der Waals surface area contributed by atoms with Gasteiger partial charge in [-0.05, 0) is 35.3 Å². The highest BCUT2D eigenvalue weighted by molar-refractivity contribution is 7.99. The first-order valence-electron chi connectivity index (χ1n) is 2.58. The average molecular weight is 134 g/mol. The quantitative estimate of drug-likeness (QED) is 0.434. The van der Waals surface area contributed by atoms with Gasteiger partial charge in [0.25, 0.3) is 0 Å². The lowest BCUT2D eigenvalue weighted by Crippen LogP contribution is -1.91. The summed E-state index contributed by atoms with van der Waals surface area (Å²) in [5.41, 5.74) is 0. The molecule has 1 aliphatic heterocycles. The van der Waals surface area contributed by atoms with E-state index in [2.05, 4.69) is 11.8 Å². The van der Waals surface area contributed by atoms with Gasteiger partial charge in [-0.15, -0.1) is 0 Å². The maximum atomic E-state index is 2.09. The summed E-state index contributed by atoms with van der Waals surface area (Å²) in [5, 5.41) is 0. The summed E-state index contributed by atoms with van der Waals surface area (Å²) in [4.78, 5) is 0. The van der Waals surface area contributed by atoms with Gasteiger partial charge in [0, 0.05) is 0 Å². The molecule has 0 aromatic heterocycles. The molecule has 2 heteroatoms. The zero-order valence-corrected chi connectivity index (χ0v) is 4.76. The topological polar surface area (TPSA) is 0 Å². The molecule has 0 nitrogen and oxygen atoms in total. The molecule has 44 valence electrons. The zero-order valence-electron chi connectivity index (χ0n) is 3.94. The van der Waals surface area contributed by atoms with Gasteiger partial charge >= 0.3 is 0 Å². The second-order valence-corrected chi connectivity index (χ2v) is 2.90. The highest BCUT2D eigenvalue weighted by Crippen LogP contribution is 2.14. The van der Waals surface area contributed by atoms with Crippen LogP contribution in [0, 0.1) is 0 Å². The van der Waals surface area contributed by atoms with Gasteiger partial charge in [0.15, 0.2) is 0 Å². The molecule has 0 amide bonds. The third kappa shape index (κ3) is 3.18. The summed E-state index contributed by atoms with van der Waals surface area (Å²) >= 11 is 2.09.